The van der Waals surface area contributed by atoms with Gasteiger partial charge in [0, 0.05) is 23.3 Å². The van der Waals surface area contributed by atoms with Crippen LogP contribution >= 0.6 is 11.6 Å². The molecule has 5 rings (SSSR count). The zero-order valence-corrected chi connectivity index (χ0v) is 16.7. The van der Waals surface area contributed by atoms with Crippen molar-refractivity contribution in [1.82, 2.24) is 19.7 Å². The fourth-order valence-electron chi connectivity index (χ4n) is 3.71. The van der Waals surface area contributed by atoms with Gasteiger partial charge in [-0.15, -0.1) is 10.2 Å². The molecule has 0 N–H and O–H groups in total. The summed E-state index contributed by atoms with van der Waals surface area (Å²) in [4.78, 5) is 4.29. The highest BCUT2D eigenvalue weighted by atomic mass is 35.5. The Hall–Kier alpha value is -3.18. The first-order valence-corrected chi connectivity index (χ1v) is 9.92. The van der Waals surface area contributed by atoms with Crippen molar-refractivity contribution in [1.29, 1.82) is 0 Å². The molecule has 2 aromatic heterocycles. The van der Waals surface area contributed by atoms with Crippen LogP contribution in [-0.2, 0) is 13.0 Å². The number of pyridine rings is 1. The lowest BCUT2D eigenvalue weighted by Crippen LogP contribution is -2.10. The van der Waals surface area contributed by atoms with E-state index in [-0.39, 0.29) is 0 Å². The van der Waals surface area contributed by atoms with Crippen molar-refractivity contribution in [2.75, 3.05) is 6.61 Å². The molecule has 0 saturated heterocycles. The van der Waals surface area contributed by atoms with Crippen molar-refractivity contribution >= 4 is 11.6 Å². The van der Waals surface area contributed by atoms with Gasteiger partial charge in [-0.25, -0.2) is 0 Å². The molecule has 0 atom stereocenters. The van der Waals surface area contributed by atoms with Gasteiger partial charge in [-0.2, -0.15) is 0 Å². The van der Waals surface area contributed by atoms with Crippen molar-refractivity contribution in [3.05, 3.63) is 82.9 Å². The Balaban J connectivity index is 1.57. The van der Waals surface area contributed by atoms with Crippen LogP contribution in [0.4, 0.5) is 0 Å². The zero-order chi connectivity index (χ0) is 19.8. The van der Waals surface area contributed by atoms with E-state index in [9.17, 15) is 0 Å². The molecule has 1 aliphatic rings. The molecule has 0 aliphatic carbocycles. The van der Waals surface area contributed by atoms with Crippen LogP contribution in [-0.4, -0.2) is 26.4 Å². The SMILES string of the molecule is Cc1cc(-c2ccc3c(c2)-c2nnc(Cc4cccc(Cl)c4)n2CCO3)ccn1. The number of ether oxygens (including phenoxy) is 1. The van der Waals surface area contributed by atoms with Crippen LogP contribution < -0.4 is 4.74 Å². The summed E-state index contributed by atoms with van der Waals surface area (Å²) in [7, 11) is 0. The van der Waals surface area contributed by atoms with Crippen molar-refractivity contribution < 1.29 is 4.74 Å². The maximum Gasteiger partial charge on any atom is 0.167 e. The maximum absolute atomic E-state index is 6.14. The molecule has 3 heterocycles. The van der Waals surface area contributed by atoms with Gasteiger partial charge in [-0.05, 0) is 60.0 Å². The Kier molecular flexibility index (Phi) is 4.52. The molecule has 0 bridgehead atoms. The Morgan fingerprint density at radius 1 is 1.03 bits per heavy atom. The highest BCUT2D eigenvalue weighted by molar-refractivity contribution is 6.30. The second-order valence-corrected chi connectivity index (χ2v) is 7.58. The first-order valence-electron chi connectivity index (χ1n) is 9.54. The minimum atomic E-state index is 0.578. The van der Waals surface area contributed by atoms with Crippen molar-refractivity contribution in [2.24, 2.45) is 0 Å². The van der Waals surface area contributed by atoms with E-state index in [0.29, 0.717) is 19.6 Å². The molecule has 1 aliphatic heterocycles. The third-order valence-corrected chi connectivity index (χ3v) is 5.34. The van der Waals surface area contributed by atoms with Gasteiger partial charge in [0.25, 0.3) is 0 Å². The Morgan fingerprint density at radius 2 is 1.93 bits per heavy atom. The number of fused-ring (bicyclic) bond motifs is 3. The molecule has 6 heteroatoms. The molecule has 29 heavy (non-hydrogen) atoms. The predicted octanol–water partition coefficient (Wildman–Crippen LogP) is 4.95. The van der Waals surface area contributed by atoms with Crippen LogP contribution in [0.3, 0.4) is 0 Å². The second kappa shape index (κ2) is 7.33. The second-order valence-electron chi connectivity index (χ2n) is 7.14. The number of hydrogen-bond donors (Lipinski definition) is 0. The van der Waals surface area contributed by atoms with Crippen molar-refractivity contribution in [3.63, 3.8) is 0 Å². The number of aryl methyl sites for hydroxylation is 1. The van der Waals surface area contributed by atoms with E-state index in [0.717, 1.165) is 50.4 Å². The highest BCUT2D eigenvalue weighted by Crippen LogP contribution is 2.35. The van der Waals surface area contributed by atoms with E-state index in [2.05, 4.69) is 44.0 Å². The summed E-state index contributed by atoms with van der Waals surface area (Å²) in [6, 6.07) is 18.2. The predicted molar refractivity (Wildman–Crippen MR) is 113 cm³/mol. The summed E-state index contributed by atoms with van der Waals surface area (Å²) in [5.41, 5.74) is 5.28. The Labute approximate surface area is 174 Å². The third-order valence-electron chi connectivity index (χ3n) is 5.10. The fraction of sp³-hybridized carbons (Fsp3) is 0.174. The van der Waals surface area contributed by atoms with E-state index < -0.39 is 0 Å². The molecule has 4 aromatic rings. The molecule has 0 spiro atoms. The Bertz CT molecular complexity index is 1200. The van der Waals surface area contributed by atoms with Crippen LogP contribution in [0.25, 0.3) is 22.5 Å². The molecule has 0 fully saturated rings. The van der Waals surface area contributed by atoms with Gasteiger partial charge in [0.1, 0.15) is 18.2 Å². The average Bonchev–Trinajstić information content (AvgIpc) is 3.00. The number of rotatable bonds is 3. The molecule has 5 nitrogen and oxygen atoms in total. The number of hydrogen-bond acceptors (Lipinski definition) is 4. The lowest BCUT2D eigenvalue weighted by Gasteiger charge is -2.09. The monoisotopic (exact) mass is 402 g/mol. The normalized spacial score (nSPS) is 12.6. The first kappa shape index (κ1) is 17.9. The van der Waals surface area contributed by atoms with Crippen molar-refractivity contribution in [2.45, 2.75) is 19.9 Å². The van der Waals surface area contributed by atoms with Crippen LogP contribution in [0.5, 0.6) is 5.75 Å². The molecule has 144 valence electrons. The van der Waals surface area contributed by atoms with Crippen LogP contribution in [0.2, 0.25) is 5.02 Å². The molecule has 0 unspecified atom stereocenters. The van der Waals surface area contributed by atoms with Gasteiger partial charge in [0.2, 0.25) is 0 Å². The molecule has 0 amide bonds. The van der Waals surface area contributed by atoms with Gasteiger partial charge < -0.3 is 9.30 Å². The van der Waals surface area contributed by atoms with Gasteiger partial charge in [0.05, 0.1) is 12.1 Å². The minimum Gasteiger partial charge on any atom is -0.491 e. The Morgan fingerprint density at radius 3 is 2.79 bits per heavy atom. The summed E-state index contributed by atoms with van der Waals surface area (Å²) in [5.74, 6) is 2.58. The summed E-state index contributed by atoms with van der Waals surface area (Å²) < 4.78 is 8.15. The molecule has 2 aromatic carbocycles. The molecule has 0 radical (unpaired) electrons. The number of nitrogens with zero attached hydrogens (tertiary/aromatic N) is 4. The van der Waals surface area contributed by atoms with E-state index in [1.54, 1.807) is 0 Å². The molecule has 0 saturated carbocycles. The standard InChI is InChI=1S/C23H19ClN4O/c1-15-11-18(7-8-25-15)17-5-6-21-20(14-17)23-27-26-22(28(23)9-10-29-21)13-16-3-2-4-19(24)12-16/h2-8,11-12,14H,9-10,13H2,1H3. The largest absolute Gasteiger partial charge is 0.491 e. The topological polar surface area (TPSA) is 52.8 Å². The van der Waals surface area contributed by atoms with Gasteiger partial charge in [-0.3, -0.25) is 4.98 Å². The van der Waals surface area contributed by atoms with Gasteiger partial charge in [0.15, 0.2) is 5.82 Å². The van der Waals surface area contributed by atoms with Gasteiger partial charge >= 0.3 is 0 Å². The van der Waals surface area contributed by atoms with E-state index in [4.69, 9.17) is 16.3 Å². The lowest BCUT2D eigenvalue weighted by atomic mass is 10.0. The van der Waals surface area contributed by atoms with Crippen molar-refractivity contribution in [3.8, 4) is 28.3 Å². The van der Waals surface area contributed by atoms with E-state index >= 15 is 0 Å². The first-order chi connectivity index (χ1) is 14.2. The zero-order valence-electron chi connectivity index (χ0n) is 16.0. The van der Waals surface area contributed by atoms with Crippen LogP contribution in [0, 0.1) is 6.92 Å². The third kappa shape index (κ3) is 3.49. The summed E-state index contributed by atoms with van der Waals surface area (Å²) in [6.07, 6.45) is 2.50. The molecular formula is C23H19ClN4O. The van der Waals surface area contributed by atoms with E-state index in [1.165, 1.54) is 0 Å². The highest BCUT2D eigenvalue weighted by Gasteiger charge is 2.21. The van der Waals surface area contributed by atoms with Gasteiger partial charge in [-0.1, -0.05) is 29.8 Å². The summed E-state index contributed by atoms with van der Waals surface area (Å²) in [6.45, 7) is 3.28. The number of benzene rings is 2. The van der Waals surface area contributed by atoms with Crippen LogP contribution in [0.1, 0.15) is 17.1 Å². The minimum absolute atomic E-state index is 0.578. The number of halogens is 1. The lowest BCUT2D eigenvalue weighted by molar-refractivity contribution is 0.305. The summed E-state index contributed by atoms with van der Waals surface area (Å²) in [5, 5.41) is 9.73. The maximum atomic E-state index is 6.14. The van der Waals surface area contributed by atoms with E-state index in [1.807, 2.05) is 43.5 Å². The fourth-order valence-corrected chi connectivity index (χ4v) is 3.92. The smallest absolute Gasteiger partial charge is 0.167 e. The quantitative estimate of drug-likeness (QED) is 0.486. The molecular weight excluding hydrogens is 384 g/mol. The van der Waals surface area contributed by atoms with Crippen LogP contribution in [0.15, 0.2) is 60.8 Å². The average molecular weight is 403 g/mol. The summed E-state index contributed by atoms with van der Waals surface area (Å²) >= 11 is 6.14. The number of aromatic nitrogens is 4.